The molecule has 0 aromatic carbocycles. The second kappa shape index (κ2) is 2.49. The third kappa shape index (κ3) is 1.26. The molecule has 0 saturated carbocycles. The van der Waals surface area contributed by atoms with Gasteiger partial charge in [0.25, 0.3) is 0 Å². The maximum atomic E-state index is 12.6. The smallest absolute Gasteiger partial charge is 0.395 e. The van der Waals surface area contributed by atoms with Crippen molar-refractivity contribution in [2.75, 3.05) is 0 Å². The molecule has 1 aliphatic heterocycles. The summed E-state index contributed by atoms with van der Waals surface area (Å²) in [6, 6.07) is 0. The molecule has 4 heteroatoms. The summed E-state index contributed by atoms with van der Waals surface area (Å²) < 4.78 is 33.7. The summed E-state index contributed by atoms with van der Waals surface area (Å²) in [7, 11) is 0. The van der Waals surface area contributed by atoms with Gasteiger partial charge in [0.1, 0.15) is 0 Å². The Balaban J connectivity index is 2.38. The summed E-state index contributed by atoms with van der Waals surface area (Å²) in [4.78, 5) is 0. The molecule has 0 aromatic rings. The number of halogens is 2. The molecule has 0 spiro atoms. The highest BCUT2D eigenvalue weighted by Crippen LogP contribution is 2.38. The summed E-state index contributed by atoms with van der Waals surface area (Å²) >= 11 is 0. The number of allylic oxidation sites excluding steroid dienone is 2. The van der Waals surface area contributed by atoms with Crippen LogP contribution in [-0.2, 0) is 9.47 Å². The first kappa shape index (κ1) is 8.11. The van der Waals surface area contributed by atoms with Gasteiger partial charge in [-0.25, -0.2) is 0 Å². The van der Waals surface area contributed by atoms with Crippen molar-refractivity contribution in [3.63, 3.8) is 0 Å². The van der Waals surface area contributed by atoms with Crippen LogP contribution in [0.25, 0.3) is 0 Å². The Morgan fingerprint density at radius 1 is 1.46 bits per heavy atom. The molecule has 0 radical (unpaired) electrons. The van der Waals surface area contributed by atoms with E-state index in [1.807, 2.05) is 6.92 Å². The first-order valence-electron chi connectivity index (χ1n) is 3.83. The van der Waals surface area contributed by atoms with Gasteiger partial charge in [0.2, 0.25) is 0 Å². The third-order valence-corrected chi connectivity index (χ3v) is 1.73. The second-order valence-corrected chi connectivity index (χ2v) is 2.61. The molecule has 0 atom stereocenters. The molecule has 1 aliphatic carbocycles. The summed E-state index contributed by atoms with van der Waals surface area (Å²) in [5, 5.41) is 0. The number of hydrogen-bond donors (Lipinski definition) is 0. The van der Waals surface area contributed by atoms with Crippen molar-refractivity contribution in [2.45, 2.75) is 19.6 Å². The Morgan fingerprint density at radius 2 is 2.23 bits per heavy atom. The van der Waals surface area contributed by atoms with Gasteiger partial charge in [-0.1, -0.05) is 18.4 Å². The monoisotopic (exact) mass is 184 g/mol. The van der Waals surface area contributed by atoms with Gasteiger partial charge in [-0.3, -0.25) is 0 Å². The van der Waals surface area contributed by atoms with Crippen molar-refractivity contribution in [3.8, 4) is 0 Å². The fourth-order valence-electron chi connectivity index (χ4n) is 1.16. The van der Waals surface area contributed by atoms with Crippen LogP contribution in [0.3, 0.4) is 0 Å². The minimum absolute atomic E-state index is 0.0283. The standard InChI is InChI=1S/C9H6F2O2/c1-2-6-4-3-5-7-8(6)13-9(10,11)12-7/h5H,2H2,1H3. The molecule has 0 unspecified atom stereocenters. The molecule has 0 aromatic heterocycles. The Kier molecular flexibility index (Phi) is 1.56. The molecule has 1 heterocycles. The number of rotatable bonds is 1. The minimum Gasteiger partial charge on any atom is -0.395 e. The van der Waals surface area contributed by atoms with Crippen LogP contribution in [-0.4, -0.2) is 6.29 Å². The molecule has 0 saturated heterocycles. The third-order valence-electron chi connectivity index (χ3n) is 1.73. The first-order valence-corrected chi connectivity index (χ1v) is 3.83. The van der Waals surface area contributed by atoms with Crippen molar-refractivity contribution in [1.82, 2.24) is 0 Å². The quantitative estimate of drug-likeness (QED) is 0.583. The van der Waals surface area contributed by atoms with Gasteiger partial charge in [-0.15, -0.1) is 8.78 Å². The zero-order valence-corrected chi connectivity index (χ0v) is 6.86. The van der Waals surface area contributed by atoms with Crippen LogP contribution in [0, 0.1) is 0 Å². The highest BCUT2D eigenvalue weighted by atomic mass is 19.3. The fraction of sp³-hybridized carbons (Fsp3) is 0.333. The summed E-state index contributed by atoms with van der Waals surface area (Å²) in [6.45, 7) is 1.82. The largest absolute Gasteiger partial charge is 0.586 e. The average Bonchev–Trinajstić information content (AvgIpc) is 2.37. The van der Waals surface area contributed by atoms with Gasteiger partial charge in [-0.05, 0) is 6.42 Å². The topological polar surface area (TPSA) is 18.5 Å². The Bertz CT molecular complexity index is 380. The van der Waals surface area contributed by atoms with Crippen molar-refractivity contribution in [3.05, 3.63) is 34.6 Å². The Morgan fingerprint density at radius 3 is 2.92 bits per heavy atom. The van der Waals surface area contributed by atoms with Crippen LogP contribution in [0.15, 0.2) is 34.6 Å². The van der Waals surface area contributed by atoms with Gasteiger partial charge < -0.3 is 9.47 Å². The van der Waals surface area contributed by atoms with Crippen molar-refractivity contribution < 1.29 is 18.3 Å². The zero-order chi connectivity index (χ0) is 9.47. The van der Waals surface area contributed by atoms with E-state index in [9.17, 15) is 8.78 Å². The number of hydrogen-bond acceptors (Lipinski definition) is 2. The molecule has 0 amide bonds. The maximum Gasteiger partial charge on any atom is 0.586 e. The highest BCUT2D eigenvalue weighted by Gasteiger charge is 2.45. The maximum absolute atomic E-state index is 12.6. The number of alkyl halides is 2. The normalized spacial score (nSPS) is 22.2. The molecule has 13 heavy (non-hydrogen) atoms. The number of ether oxygens (including phenoxy) is 2. The fourth-order valence-corrected chi connectivity index (χ4v) is 1.16. The lowest BCUT2D eigenvalue weighted by atomic mass is 10.1. The predicted octanol–water partition coefficient (Wildman–Crippen LogP) is 2.46. The minimum atomic E-state index is -3.55. The van der Waals surface area contributed by atoms with Crippen LogP contribution in [0.1, 0.15) is 13.3 Å². The van der Waals surface area contributed by atoms with E-state index in [1.165, 1.54) is 6.08 Å². The van der Waals surface area contributed by atoms with E-state index in [2.05, 4.69) is 20.9 Å². The Hall–Kier alpha value is -1.50. The zero-order valence-electron chi connectivity index (χ0n) is 6.86. The van der Waals surface area contributed by atoms with Crippen LogP contribution in [0.2, 0.25) is 0 Å². The van der Waals surface area contributed by atoms with E-state index in [1.54, 1.807) is 0 Å². The molecule has 0 bridgehead atoms. The lowest BCUT2D eigenvalue weighted by Gasteiger charge is -2.07. The van der Waals surface area contributed by atoms with E-state index in [0.29, 0.717) is 12.0 Å². The summed E-state index contributed by atoms with van der Waals surface area (Å²) in [6.07, 6.45) is -1.70. The molecule has 0 N–H and O–H groups in total. The van der Waals surface area contributed by atoms with E-state index >= 15 is 0 Å². The Labute approximate surface area is 73.4 Å². The van der Waals surface area contributed by atoms with Crippen molar-refractivity contribution in [2.24, 2.45) is 0 Å². The average molecular weight is 184 g/mol. The van der Waals surface area contributed by atoms with Crippen LogP contribution < -0.4 is 0 Å². The predicted molar refractivity (Wildman–Crippen MR) is 39.5 cm³/mol. The molecule has 2 rings (SSSR count). The van der Waals surface area contributed by atoms with E-state index in [4.69, 9.17) is 0 Å². The van der Waals surface area contributed by atoms with E-state index in [0.717, 1.165) is 0 Å². The van der Waals surface area contributed by atoms with Crippen LogP contribution in [0.5, 0.6) is 0 Å². The van der Waals surface area contributed by atoms with Gasteiger partial charge in [0, 0.05) is 11.6 Å². The van der Waals surface area contributed by atoms with E-state index in [-0.39, 0.29) is 11.5 Å². The highest BCUT2D eigenvalue weighted by molar-refractivity contribution is 5.37. The van der Waals surface area contributed by atoms with Crippen molar-refractivity contribution in [1.29, 1.82) is 0 Å². The lowest BCUT2D eigenvalue weighted by Crippen LogP contribution is -2.16. The van der Waals surface area contributed by atoms with Gasteiger partial charge in [-0.2, -0.15) is 0 Å². The SMILES string of the molecule is CCC1=C=C=CC2=C1OC(F)(F)O2. The first-order chi connectivity index (χ1) is 6.12. The van der Waals surface area contributed by atoms with Crippen LogP contribution >= 0.6 is 0 Å². The summed E-state index contributed by atoms with van der Waals surface area (Å²) in [5.74, 6) is 0.104. The van der Waals surface area contributed by atoms with Gasteiger partial charge >= 0.3 is 6.29 Å². The molecular weight excluding hydrogens is 178 g/mol. The van der Waals surface area contributed by atoms with Crippen molar-refractivity contribution >= 4 is 0 Å². The lowest BCUT2D eigenvalue weighted by molar-refractivity contribution is -0.335. The summed E-state index contributed by atoms with van der Waals surface area (Å²) in [5.41, 5.74) is 5.83. The second-order valence-electron chi connectivity index (χ2n) is 2.61. The van der Waals surface area contributed by atoms with Crippen LogP contribution in [0.4, 0.5) is 8.78 Å². The molecule has 68 valence electrons. The van der Waals surface area contributed by atoms with Gasteiger partial charge in [0.15, 0.2) is 11.5 Å². The molecule has 0 fully saturated rings. The molecule has 2 nitrogen and oxygen atoms in total. The van der Waals surface area contributed by atoms with Gasteiger partial charge in [0.05, 0.1) is 0 Å². The molecular formula is C9H6F2O2. The molecule has 2 aliphatic rings. The van der Waals surface area contributed by atoms with E-state index < -0.39 is 6.29 Å².